The van der Waals surface area contributed by atoms with E-state index in [4.69, 9.17) is 0 Å². The summed E-state index contributed by atoms with van der Waals surface area (Å²) < 4.78 is 29.3. The standard InChI is InChI=1S/C32H35N2O2PS/c1-25-20-22-29(23-21-25)38(35,36)34-31-18-10-9-17-30(31)33-24-26-12-8-11-19-32(26)37(27-13-4-2-5-14-27)28-15-6-3-7-16-28/h2-8,11-16,19-23,30-31,33-34H,9-10,17-18,24H2,1H3/t30-,31-/m1/s1. The summed E-state index contributed by atoms with van der Waals surface area (Å²) >= 11 is 0. The smallest absolute Gasteiger partial charge is 0.240 e. The highest BCUT2D eigenvalue weighted by molar-refractivity contribution is 7.89. The quantitative estimate of drug-likeness (QED) is 0.288. The number of rotatable bonds is 9. The molecule has 0 aliphatic heterocycles. The Morgan fingerprint density at radius 2 is 1.26 bits per heavy atom. The molecule has 2 atom stereocenters. The van der Waals surface area contributed by atoms with Gasteiger partial charge in [-0.15, -0.1) is 0 Å². The van der Waals surface area contributed by atoms with Gasteiger partial charge in [0.1, 0.15) is 0 Å². The van der Waals surface area contributed by atoms with Crippen molar-refractivity contribution in [2.24, 2.45) is 0 Å². The van der Waals surface area contributed by atoms with E-state index in [1.807, 2.05) is 19.1 Å². The van der Waals surface area contributed by atoms with Crippen LogP contribution in [-0.4, -0.2) is 20.5 Å². The Kier molecular flexibility index (Phi) is 8.71. The van der Waals surface area contributed by atoms with Crippen molar-refractivity contribution in [3.8, 4) is 0 Å². The van der Waals surface area contributed by atoms with Crippen molar-refractivity contribution in [3.63, 3.8) is 0 Å². The van der Waals surface area contributed by atoms with E-state index in [0.29, 0.717) is 11.4 Å². The topological polar surface area (TPSA) is 58.2 Å². The average molecular weight is 543 g/mol. The van der Waals surface area contributed by atoms with Crippen LogP contribution in [-0.2, 0) is 16.6 Å². The molecule has 0 spiro atoms. The lowest BCUT2D eigenvalue weighted by molar-refractivity contribution is 0.309. The molecule has 4 aromatic carbocycles. The molecule has 0 bridgehead atoms. The van der Waals surface area contributed by atoms with Crippen molar-refractivity contribution in [2.45, 2.75) is 56.1 Å². The average Bonchev–Trinajstić information content (AvgIpc) is 2.95. The fraction of sp³-hybridized carbons (Fsp3) is 0.250. The van der Waals surface area contributed by atoms with Crippen LogP contribution in [0.15, 0.2) is 114 Å². The van der Waals surface area contributed by atoms with Crippen LogP contribution in [0.25, 0.3) is 0 Å². The Balaban J connectivity index is 1.37. The summed E-state index contributed by atoms with van der Waals surface area (Å²) in [5, 5.41) is 7.73. The highest BCUT2D eigenvalue weighted by atomic mass is 32.2. The number of nitrogens with one attached hydrogen (secondary N) is 2. The van der Waals surface area contributed by atoms with E-state index >= 15 is 0 Å². The molecular formula is C32H35N2O2PS. The second-order valence-electron chi connectivity index (χ2n) is 9.95. The molecule has 1 aliphatic rings. The third kappa shape index (κ3) is 6.42. The molecule has 0 aromatic heterocycles. The zero-order chi connectivity index (χ0) is 26.4. The second kappa shape index (κ2) is 12.4. The summed E-state index contributed by atoms with van der Waals surface area (Å²) in [6.07, 6.45) is 3.92. The Morgan fingerprint density at radius 1 is 0.711 bits per heavy atom. The lowest BCUT2D eigenvalue weighted by Gasteiger charge is -2.33. The molecule has 0 unspecified atom stereocenters. The van der Waals surface area contributed by atoms with Gasteiger partial charge in [0.05, 0.1) is 4.90 Å². The maximum absolute atomic E-state index is 13.2. The molecule has 1 aliphatic carbocycles. The zero-order valence-electron chi connectivity index (χ0n) is 21.8. The van der Waals surface area contributed by atoms with Gasteiger partial charge in [-0.3, -0.25) is 0 Å². The monoisotopic (exact) mass is 542 g/mol. The minimum absolute atomic E-state index is 0.0803. The molecule has 4 aromatic rings. The number of benzene rings is 4. The van der Waals surface area contributed by atoms with E-state index in [1.165, 1.54) is 21.5 Å². The van der Waals surface area contributed by atoms with Crippen molar-refractivity contribution < 1.29 is 8.42 Å². The van der Waals surface area contributed by atoms with E-state index < -0.39 is 17.9 Å². The lowest BCUT2D eigenvalue weighted by Crippen LogP contribution is -2.51. The van der Waals surface area contributed by atoms with Gasteiger partial charge in [0, 0.05) is 18.6 Å². The predicted octanol–water partition coefficient (Wildman–Crippen LogP) is 5.13. The molecular weight excluding hydrogens is 507 g/mol. The first kappa shape index (κ1) is 26.8. The molecule has 0 saturated heterocycles. The van der Waals surface area contributed by atoms with Gasteiger partial charge in [0.2, 0.25) is 10.0 Å². The SMILES string of the molecule is Cc1ccc(S(=O)(=O)N[C@@H]2CCCC[C@H]2NCc2ccccc2P(c2ccccc2)c2ccccc2)cc1. The summed E-state index contributed by atoms with van der Waals surface area (Å²) in [6.45, 7) is 2.66. The van der Waals surface area contributed by atoms with Crippen LogP contribution < -0.4 is 26.0 Å². The lowest BCUT2D eigenvalue weighted by atomic mass is 9.91. The van der Waals surface area contributed by atoms with Gasteiger partial charge in [0.25, 0.3) is 0 Å². The largest absolute Gasteiger partial charge is 0.308 e. The maximum atomic E-state index is 13.2. The summed E-state index contributed by atoms with van der Waals surface area (Å²) in [4.78, 5) is 0.328. The van der Waals surface area contributed by atoms with Gasteiger partial charge in [-0.2, -0.15) is 0 Å². The van der Waals surface area contributed by atoms with Crippen molar-refractivity contribution in [3.05, 3.63) is 120 Å². The first-order chi connectivity index (χ1) is 18.5. The summed E-state index contributed by atoms with van der Waals surface area (Å²) in [5.74, 6) is 0. The van der Waals surface area contributed by atoms with Crippen LogP contribution in [0.4, 0.5) is 0 Å². The summed E-state index contributed by atoms with van der Waals surface area (Å²) in [5.41, 5.74) is 2.31. The molecule has 2 N–H and O–H groups in total. The molecule has 1 fully saturated rings. The van der Waals surface area contributed by atoms with E-state index in [-0.39, 0.29) is 12.1 Å². The first-order valence-corrected chi connectivity index (χ1v) is 16.1. The fourth-order valence-electron chi connectivity index (χ4n) is 5.20. The summed E-state index contributed by atoms with van der Waals surface area (Å²) in [7, 11) is -4.29. The minimum atomic E-state index is -3.57. The maximum Gasteiger partial charge on any atom is 0.240 e. The fourth-order valence-corrected chi connectivity index (χ4v) is 8.98. The van der Waals surface area contributed by atoms with Crippen molar-refractivity contribution in [2.75, 3.05) is 0 Å². The van der Waals surface area contributed by atoms with Gasteiger partial charge in [0.15, 0.2) is 0 Å². The number of aryl methyl sites for hydroxylation is 1. The van der Waals surface area contributed by atoms with Crippen molar-refractivity contribution in [1.29, 1.82) is 0 Å². The normalized spacial score (nSPS) is 17.9. The van der Waals surface area contributed by atoms with Gasteiger partial charge in [-0.1, -0.05) is 115 Å². The van der Waals surface area contributed by atoms with E-state index in [0.717, 1.165) is 31.2 Å². The van der Waals surface area contributed by atoms with Crippen LogP contribution in [0, 0.1) is 6.92 Å². The molecule has 0 radical (unpaired) electrons. The van der Waals surface area contributed by atoms with E-state index in [1.54, 1.807) is 12.1 Å². The Labute approximate surface area is 228 Å². The highest BCUT2D eigenvalue weighted by Crippen LogP contribution is 2.34. The molecule has 196 valence electrons. The van der Waals surface area contributed by atoms with Crippen LogP contribution in [0.5, 0.6) is 0 Å². The molecule has 1 saturated carbocycles. The highest BCUT2D eigenvalue weighted by Gasteiger charge is 2.30. The van der Waals surface area contributed by atoms with E-state index in [9.17, 15) is 8.42 Å². The first-order valence-electron chi connectivity index (χ1n) is 13.3. The Bertz CT molecular complexity index is 1390. The Hall–Kier alpha value is -2.82. The van der Waals surface area contributed by atoms with Gasteiger partial charge >= 0.3 is 0 Å². The van der Waals surface area contributed by atoms with Gasteiger partial charge in [-0.05, 0) is 61.3 Å². The number of hydrogen-bond donors (Lipinski definition) is 2. The van der Waals surface area contributed by atoms with Crippen molar-refractivity contribution in [1.82, 2.24) is 10.0 Å². The summed E-state index contributed by atoms with van der Waals surface area (Å²) in [6, 6.07) is 37.2. The van der Waals surface area contributed by atoms with E-state index in [2.05, 4.69) is 95.0 Å². The number of hydrogen-bond acceptors (Lipinski definition) is 3. The Morgan fingerprint density at radius 3 is 1.89 bits per heavy atom. The van der Waals surface area contributed by atoms with Crippen LogP contribution in [0.3, 0.4) is 0 Å². The molecule has 38 heavy (non-hydrogen) atoms. The molecule has 5 rings (SSSR count). The third-order valence-electron chi connectivity index (χ3n) is 7.22. The predicted molar refractivity (Wildman–Crippen MR) is 160 cm³/mol. The van der Waals surface area contributed by atoms with Crippen LogP contribution in [0.1, 0.15) is 36.8 Å². The third-order valence-corrected chi connectivity index (χ3v) is 11.3. The minimum Gasteiger partial charge on any atom is -0.308 e. The van der Waals surface area contributed by atoms with Gasteiger partial charge < -0.3 is 5.32 Å². The molecule has 0 amide bonds. The van der Waals surface area contributed by atoms with Crippen LogP contribution in [0.2, 0.25) is 0 Å². The molecule has 0 heterocycles. The zero-order valence-corrected chi connectivity index (χ0v) is 23.5. The number of sulfonamides is 1. The second-order valence-corrected chi connectivity index (χ2v) is 13.8. The van der Waals surface area contributed by atoms with Crippen molar-refractivity contribution >= 4 is 33.9 Å². The molecule has 4 nitrogen and oxygen atoms in total. The van der Waals surface area contributed by atoms with Crippen LogP contribution >= 0.6 is 7.92 Å². The molecule has 6 heteroatoms. The van der Waals surface area contributed by atoms with Gasteiger partial charge in [-0.25, -0.2) is 13.1 Å².